The minimum absolute atomic E-state index is 0.300. The normalized spacial score (nSPS) is 19.2. The number of carbonyl (C=O) groups is 1. The van der Waals surface area contributed by atoms with Crippen molar-refractivity contribution < 1.29 is 4.79 Å². The molecule has 0 spiro atoms. The number of hydrogen-bond acceptors (Lipinski definition) is 2. The molecule has 0 saturated carbocycles. The van der Waals surface area contributed by atoms with Crippen molar-refractivity contribution in [2.24, 2.45) is 13.0 Å². The molecule has 1 fully saturated rings. The maximum atomic E-state index is 12.1. The van der Waals surface area contributed by atoms with Crippen LogP contribution in [0.5, 0.6) is 0 Å². The lowest BCUT2D eigenvalue weighted by Gasteiger charge is -2.16. The molecule has 1 aliphatic rings. The SMILES string of the molecule is CCCC1CC(=O)N(Cc2ccc3ncn(C)c3c2)C1. The first-order valence-electron chi connectivity index (χ1n) is 7.35. The highest BCUT2D eigenvalue weighted by molar-refractivity contribution is 5.79. The van der Waals surface area contributed by atoms with Crippen LogP contribution in [-0.2, 0) is 18.4 Å². The smallest absolute Gasteiger partial charge is 0.223 e. The molecule has 3 rings (SSSR count). The lowest BCUT2D eigenvalue weighted by molar-refractivity contribution is -0.128. The maximum absolute atomic E-state index is 12.1. The number of aromatic nitrogens is 2. The number of likely N-dealkylation sites (tertiary alicyclic amines) is 1. The Kier molecular flexibility index (Phi) is 3.47. The Morgan fingerprint density at radius 3 is 3.05 bits per heavy atom. The third-order valence-corrected chi connectivity index (χ3v) is 4.15. The van der Waals surface area contributed by atoms with Crippen LogP contribution in [0, 0.1) is 5.92 Å². The Labute approximate surface area is 119 Å². The largest absolute Gasteiger partial charge is 0.338 e. The van der Waals surface area contributed by atoms with E-state index in [1.807, 2.05) is 28.9 Å². The van der Waals surface area contributed by atoms with Crippen LogP contribution in [0.15, 0.2) is 24.5 Å². The molecular weight excluding hydrogens is 250 g/mol. The van der Waals surface area contributed by atoms with Crippen LogP contribution in [0.25, 0.3) is 11.0 Å². The predicted molar refractivity (Wildman–Crippen MR) is 79.1 cm³/mol. The molecule has 0 N–H and O–H groups in total. The summed E-state index contributed by atoms with van der Waals surface area (Å²) in [4.78, 5) is 18.4. The molecule has 0 aliphatic carbocycles. The van der Waals surface area contributed by atoms with Gasteiger partial charge in [-0.3, -0.25) is 4.79 Å². The quantitative estimate of drug-likeness (QED) is 0.857. The number of hydrogen-bond donors (Lipinski definition) is 0. The fourth-order valence-electron chi connectivity index (χ4n) is 3.10. The number of imidazole rings is 1. The van der Waals surface area contributed by atoms with Gasteiger partial charge in [0.1, 0.15) is 0 Å². The van der Waals surface area contributed by atoms with Crippen LogP contribution < -0.4 is 0 Å². The summed E-state index contributed by atoms with van der Waals surface area (Å²) in [6, 6.07) is 6.26. The number of aryl methyl sites for hydroxylation is 1. The zero-order valence-electron chi connectivity index (χ0n) is 12.2. The average Bonchev–Trinajstić information content (AvgIpc) is 2.95. The van der Waals surface area contributed by atoms with Crippen LogP contribution in [0.2, 0.25) is 0 Å². The molecule has 1 aromatic heterocycles. The van der Waals surface area contributed by atoms with E-state index >= 15 is 0 Å². The van der Waals surface area contributed by atoms with Gasteiger partial charge in [-0.2, -0.15) is 0 Å². The van der Waals surface area contributed by atoms with Crippen molar-refractivity contribution in [2.75, 3.05) is 6.54 Å². The highest BCUT2D eigenvalue weighted by atomic mass is 16.2. The predicted octanol–water partition coefficient (Wildman–Crippen LogP) is 2.72. The third-order valence-electron chi connectivity index (χ3n) is 4.15. The summed E-state index contributed by atoms with van der Waals surface area (Å²) in [6.45, 7) is 3.82. The van der Waals surface area contributed by atoms with E-state index in [4.69, 9.17) is 0 Å². The zero-order valence-corrected chi connectivity index (χ0v) is 12.2. The molecule has 0 radical (unpaired) electrons. The molecule has 4 nitrogen and oxygen atoms in total. The zero-order chi connectivity index (χ0) is 14.1. The van der Waals surface area contributed by atoms with Crippen LogP contribution in [0.3, 0.4) is 0 Å². The van der Waals surface area contributed by atoms with E-state index in [1.54, 1.807) is 0 Å². The lowest BCUT2D eigenvalue weighted by Crippen LogP contribution is -2.24. The van der Waals surface area contributed by atoms with Gasteiger partial charge in [-0.1, -0.05) is 19.4 Å². The number of rotatable bonds is 4. The molecule has 20 heavy (non-hydrogen) atoms. The Morgan fingerprint density at radius 1 is 1.40 bits per heavy atom. The van der Waals surface area contributed by atoms with Crippen LogP contribution in [0.1, 0.15) is 31.7 Å². The number of benzene rings is 1. The lowest BCUT2D eigenvalue weighted by atomic mass is 10.0. The molecule has 1 aliphatic heterocycles. The molecule has 1 aromatic carbocycles. The van der Waals surface area contributed by atoms with Crippen molar-refractivity contribution in [3.63, 3.8) is 0 Å². The Bertz CT molecular complexity index is 632. The van der Waals surface area contributed by atoms with E-state index in [9.17, 15) is 4.79 Å². The monoisotopic (exact) mass is 271 g/mol. The van der Waals surface area contributed by atoms with Crippen molar-refractivity contribution in [3.8, 4) is 0 Å². The number of amides is 1. The average molecular weight is 271 g/mol. The summed E-state index contributed by atoms with van der Waals surface area (Å²) in [5, 5.41) is 0. The van der Waals surface area contributed by atoms with Crippen molar-refractivity contribution in [2.45, 2.75) is 32.7 Å². The minimum Gasteiger partial charge on any atom is -0.338 e. The van der Waals surface area contributed by atoms with Crippen LogP contribution >= 0.6 is 0 Å². The molecule has 1 atom stereocenters. The summed E-state index contributed by atoms with van der Waals surface area (Å²) in [6.07, 6.45) is 4.87. The van der Waals surface area contributed by atoms with E-state index in [0.29, 0.717) is 11.8 Å². The van der Waals surface area contributed by atoms with Crippen molar-refractivity contribution in [3.05, 3.63) is 30.1 Å². The van der Waals surface area contributed by atoms with E-state index in [-0.39, 0.29) is 0 Å². The van der Waals surface area contributed by atoms with Gasteiger partial charge in [0.15, 0.2) is 0 Å². The van der Waals surface area contributed by atoms with Crippen molar-refractivity contribution in [1.82, 2.24) is 14.5 Å². The Balaban J connectivity index is 1.76. The second-order valence-corrected chi connectivity index (χ2v) is 5.81. The molecule has 1 unspecified atom stereocenters. The second-order valence-electron chi connectivity index (χ2n) is 5.81. The Morgan fingerprint density at radius 2 is 2.25 bits per heavy atom. The van der Waals surface area contributed by atoms with Gasteiger partial charge in [0, 0.05) is 26.6 Å². The number of carbonyl (C=O) groups excluding carboxylic acids is 1. The fourth-order valence-corrected chi connectivity index (χ4v) is 3.10. The van der Waals surface area contributed by atoms with Gasteiger partial charge in [0.25, 0.3) is 0 Å². The number of fused-ring (bicyclic) bond motifs is 1. The standard InChI is InChI=1S/C16H21N3O/c1-3-4-12-8-16(20)19(9-12)10-13-5-6-14-15(7-13)18(2)11-17-14/h5-7,11-12H,3-4,8-10H2,1-2H3. The molecule has 4 heteroatoms. The van der Waals surface area contributed by atoms with E-state index < -0.39 is 0 Å². The molecule has 106 valence electrons. The maximum Gasteiger partial charge on any atom is 0.223 e. The summed E-state index contributed by atoms with van der Waals surface area (Å²) >= 11 is 0. The van der Waals surface area contributed by atoms with E-state index in [1.165, 1.54) is 5.56 Å². The second kappa shape index (κ2) is 5.27. The fraction of sp³-hybridized carbons (Fsp3) is 0.500. The highest BCUT2D eigenvalue weighted by Gasteiger charge is 2.28. The van der Waals surface area contributed by atoms with Crippen LogP contribution in [0.4, 0.5) is 0 Å². The van der Waals surface area contributed by atoms with Gasteiger partial charge in [0.2, 0.25) is 5.91 Å². The van der Waals surface area contributed by atoms with Gasteiger partial charge in [0.05, 0.1) is 17.4 Å². The van der Waals surface area contributed by atoms with Gasteiger partial charge >= 0.3 is 0 Å². The number of nitrogens with zero attached hydrogens (tertiary/aromatic N) is 3. The molecular formula is C16H21N3O. The van der Waals surface area contributed by atoms with E-state index in [2.05, 4.69) is 24.0 Å². The van der Waals surface area contributed by atoms with Crippen molar-refractivity contribution in [1.29, 1.82) is 0 Å². The molecule has 0 bridgehead atoms. The minimum atomic E-state index is 0.300. The highest BCUT2D eigenvalue weighted by Crippen LogP contribution is 2.24. The summed E-state index contributed by atoms with van der Waals surface area (Å²) in [7, 11) is 2.00. The molecule has 2 heterocycles. The van der Waals surface area contributed by atoms with Gasteiger partial charge < -0.3 is 9.47 Å². The van der Waals surface area contributed by atoms with Gasteiger partial charge in [-0.15, -0.1) is 0 Å². The van der Waals surface area contributed by atoms with Gasteiger partial charge in [-0.05, 0) is 30.0 Å². The molecule has 1 amide bonds. The first kappa shape index (κ1) is 13.2. The summed E-state index contributed by atoms with van der Waals surface area (Å²) in [5.41, 5.74) is 3.32. The van der Waals surface area contributed by atoms with Crippen molar-refractivity contribution >= 4 is 16.9 Å². The first-order chi connectivity index (χ1) is 9.67. The summed E-state index contributed by atoms with van der Waals surface area (Å²) in [5.74, 6) is 0.849. The van der Waals surface area contributed by atoms with Gasteiger partial charge in [-0.25, -0.2) is 4.98 Å². The third kappa shape index (κ3) is 2.42. The summed E-state index contributed by atoms with van der Waals surface area (Å²) < 4.78 is 2.02. The van der Waals surface area contributed by atoms with Crippen LogP contribution in [-0.4, -0.2) is 26.9 Å². The first-order valence-corrected chi connectivity index (χ1v) is 7.35. The molecule has 2 aromatic rings. The van der Waals surface area contributed by atoms with E-state index in [0.717, 1.165) is 43.4 Å². The topological polar surface area (TPSA) is 38.1 Å². The Hall–Kier alpha value is -1.84. The molecule has 1 saturated heterocycles.